The summed E-state index contributed by atoms with van der Waals surface area (Å²) in [4.78, 5) is 14.1. The van der Waals surface area contributed by atoms with E-state index in [1.807, 2.05) is 11.3 Å². The predicted octanol–water partition coefficient (Wildman–Crippen LogP) is 4.36. The molecule has 4 rings (SSSR count). The summed E-state index contributed by atoms with van der Waals surface area (Å²) in [5.41, 5.74) is 2.31. The third-order valence-electron chi connectivity index (χ3n) is 4.67. The van der Waals surface area contributed by atoms with E-state index in [2.05, 4.69) is 21.7 Å². The highest BCUT2D eigenvalue weighted by Gasteiger charge is 2.40. The number of benzene rings is 1. The Balaban J connectivity index is 1.52. The fraction of sp³-hybridized carbons (Fsp3) is 0.353. The summed E-state index contributed by atoms with van der Waals surface area (Å²) < 4.78 is 0. The molecular weight excluding hydrogens is 342 g/mol. The summed E-state index contributed by atoms with van der Waals surface area (Å²) in [7, 11) is 0. The number of nitro groups is 1. The van der Waals surface area contributed by atoms with Crippen molar-refractivity contribution in [3.63, 3.8) is 0 Å². The highest BCUT2D eigenvalue weighted by Crippen LogP contribution is 2.48. The van der Waals surface area contributed by atoms with Gasteiger partial charge in [-0.05, 0) is 66.5 Å². The van der Waals surface area contributed by atoms with Crippen LogP contribution in [0.3, 0.4) is 0 Å². The first-order valence-corrected chi connectivity index (χ1v) is 9.30. The number of anilines is 1. The lowest BCUT2D eigenvalue weighted by Gasteiger charge is -2.38. The first-order valence-electron chi connectivity index (χ1n) is 8.02. The van der Waals surface area contributed by atoms with E-state index in [4.69, 9.17) is 12.2 Å². The summed E-state index contributed by atoms with van der Waals surface area (Å²) >= 11 is 7.49. The van der Waals surface area contributed by atoms with E-state index >= 15 is 0 Å². The summed E-state index contributed by atoms with van der Waals surface area (Å²) in [5, 5.41) is 16.9. The minimum absolute atomic E-state index is 0.0863. The highest BCUT2D eigenvalue weighted by molar-refractivity contribution is 7.80. The molecule has 0 saturated heterocycles. The molecule has 1 aromatic carbocycles. The Morgan fingerprint density at radius 1 is 1.29 bits per heavy atom. The first-order chi connectivity index (χ1) is 11.6. The fourth-order valence-corrected chi connectivity index (χ4v) is 4.59. The van der Waals surface area contributed by atoms with Gasteiger partial charge in [-0.1, -0.05) is 0 Å². The van der Waals surface area contributed by atoms with Crippen LogP contribution in [0.4, 0.5) is 11.4 Å². The van der Waals surface area contributed by atoms with Gasteiger partial charge in [0.1, 0.15) is 0 Å². The van der Waals surface area contributed by atoms with Crippen molar-refractivity contribution in [1.29, 1.82) is 0 Å². The molecule has 0 unspecified atom stereocenters. The number of thiophene rings is 1. The second-order valence-electron chi connectivity index (χ2n) is 6.26. The third kappa shape index (κ3) is 2.89. The Hall–Kier alpha value is -1.99. The largest absolute Gasteiger partial charge is 0.341 e. The number of rotatable bonds is 3. The van der Waals surface area contributed by atoms with Crippen LogP contribution in [0.5, 0.6) is 0 Å². The van der Waals surface area contributed by atoms with Crippen molar-refractivity contribution in [1.82, 2.24) is 4.90 Å². The zero-order chi connectivity index (χ0) is 16.7. The molecule has 0 radical (unpaired) electrons. The van der Waals surface area contributed by atoms with Gasteiger partial charge in [0.05, 0.1) is 11.0 Å². The topological polar surface area (TPSA) is 58.4 Å². The van der Waals surface area contributed by atoms with Crippen LogP contribution in [0.15, 0.2) is 35.7 Å². The second kappa shape index (κ2) is 6.14. The average Bonchev–Trinajstić information content (AvgIpc) is 3.30. The molecule has 1 fully saturated rings. The van der Waals surface area contributed by atoms with Gasteiger partial charge in [-0.25, -0.2) is 0 Å². The number of fused-ring (bicyclic) bond motifs is 1. The van der Waals surface area contributed by atoms with Crippen molar-refractivity contribution in [3.05, 3.63) is 56.3 Å². The van der Waals surface area contributed by atoms with Crippen molar-refractivity contribution >= 4 is 40.0 Å². The third-order valence-corrected chi connectivity index (χ3v) is 6.01. The van der Waals surface area contributed by atoms with Crippen LogP contribution >= 0.6 is 23.6 Å². The lowest BCUT2D eigenvalue weighted by molar-refractivity contribution is -0.384. The number of thiocarbonyl (C=S) groups is 1. The first kappa shape index (κ1) is 15.5. The minimum Gasteiger partial charge on any atom is -0.341 e. The Labute approximate surface area is 149 Å². The van der Waals surface area contributed by atoms with Gasteiger partial charge in [0.2, 0.25) is 0 Å². The zero-order valence-electron chi connectivity index (χ0n) is 13.0. The minimum atomic E-state index is -0.395. The second-order valence-corrected chi connectivity index (χ2v) is 7.65. The lowest BCUT2D eigenvalue weighted by Crippen LogP contribution is -2.42. The maximum absolute atomic E-state index is 10.8. The Kier molecular flexibility index (Phi) is 3.97. The van der Waals surface area contributed by atoms with Crippen LogP contribution in [0, 0.1) is 16.0 Å². The van der Waals surface area contributed by atoms with Crippen LogP contribution in [0.25, 0.3) is 0 Å². The Bertz CT molecular complexity index is 783. The molecule has 1 N–H and O–H groups in total. The Morgan fingerprint density at radius 2 is 2.04 bits per heavy atom. The maximum atomic E-state index is 10.8. The van der Waals surface area contributed by atoms with Crippen molar-refractivity contribution in [2.24, 2.45) is 5.92 Å². The SMILES string of the molecule is O=[N+]([O-])c1ccc(NC(=S)N2CCc3sccc3[C@H]2C2CC2)cc1. The van der Waals surface area contributed by atoms with Crippen molar-refractivity contribution in [2.45, 2.75) is 25.3 Å². The monoisotopic (exact) mass is 359 g/mol. The molecule has 2 aromatic rings. The molecule has 0 amide bonds. The Morgan fingerprint density at radius 3 is 2.71 bits per heavy atom. The van der Waals surface area contributed by atoms with Gasteiger partial charge in [-0.15, -0.1) is 11.3 Å². The molecule has 1 saturated carbocycles. The van der Waals surface area contributed by atoms with Crippen molar-refractivity contribution in [3.8, 4) is 0 Å². The molecule has 1 aliphatic carbocycles. The average molecular weight is 359 g/mol. The number of hydrogen-bond donors (Lipinski definition) is 1. The van der Waals surface area contributed by atoms with Crippen LogP contribution < -0.4 is 5.32 Å². The predicted molar refractivity (Wildman–Crippen MR) is 99.5 cm³/mol. The summed E-state index contributed by atoms with van der Waals surface area (Å²) in [6, 6.07) is 9.02. The number of nitrogens with one attached hydrogen (secondary N) is 1. The molecule has 2 aliphatic rings. The molecule has 7 heteroatoms. The van der Waals surface area contributed by atoms with Crippen LogP contribution in [-0.4, -0.2) is 21.5 Å². The van der Waals surface area contributed by atoms with Gasteiger partial charge in [0, 0.05) is 29.2 Å². The zero-order valence-corrected chi connectivity index (χ0v) is 14.6. The number of nitro benzene ring substituents is 1. The highest BCUT2D eigenvalue weighted by atomic mass is 32.1. The molecule has 1 atom stereocenters. The van der Waals surface area contributed by atoms with Gasteiger partial charge in [-0.3, -0.25) is 10.1 Å². The van der Waals surface area contributed by atoms with E-state index in [1.54, 1.807) is 12.1 Å². The lowest BCUT2D eigenvalue weighted by atomic mass is 9.96. The number of hydrogen-bond acceptors (Lipinski definition) is 4. The molecule has 0 bridgehead atoms. The van der Waals surface area contributed by atoms with E-state index in [0.717, 1.165) is 18.7 Å². The summed E-state index contributed by atoms with van der Waals surface area (Å²) in [6.07, 6.45) is 3.55. The standard InChI is InChI=1S/C17H17N3O2S2/c21-20(22)13-5-3-12(4-6-13)18-17(23)19-9-7-15-14(8-10-24-15)16(19)11-1-2-11/h3-6,8,10-11,16H,1-2,7,9H2,(H,18,23)/t16-/m1/s1. The molecule has 1 aliphatic heterocycles. The van der Waals surface area contributed by atoms with Gasteiger partial charge in [-0.2, -0.15) is 0 Å². The van der Waals surface area contributed by atoms with Crippen molar-refractivity contribution < 1.29 is 4.92 Å². The van der Waals surface area contributed by atoms with E-state index in [-0.39, 0.29) is 5.69 Å². The van der Waals surface area contributed by atoms with Crippen molar-refractivity contribution in [2.75, 3.05) is 11.9 Å². The van der Waals surface area contributed by atoms with E-state index in [9.17, 15) is 10.1 Å². The molecule has 5 nitrogen and oxygen atoms in total. The fourth-order valence-electron chi connectivity index (χ4n) is 3.36. The number of nitrogens with zero attached hydrogens (tertiary/aromatic N) is 2. The van der Waals surface area contributed by atoms with Crippen LogP contribution in [0.2, 0.25) is 0 Å². The van der Waals surface area contributed by atoms with E-state index < -0.39 is 4.92 Å². The quantitative estimate of drug-likeness (QED) is 0.501. The summed E-state index contributed by atoms with van der Waals surface area (Å²) in [6.45, 7) is 0.924. The molecule has 2 heterocycles. The van der Waals surface area contributed by atoms with Gasteiger partial charge >= 0.3 is 0 Å². The van der Waals surface area contributed by atoms with Gasteiger partial charge in [0.15, 0.2) is 5.11 Å². The molecule has 24 heavy (non-hydrogen) atoms. The maximum Gasteiger partial charge on any atom is 0.269 e. The molecular formula is C17H17N3O2S2. The van der Waals surface area contributed by atoms with Crippen LogP contribution in [0.1, 0.15) is 29.3 Å². The smallest absolute Gasteiger partial charge is 0.269 e. The molecule has 1 aromatic heterocycles. The molecule has 0 spiro atoms. The molecule has 124 valence electrons. The van der Waals surface area contributed by atoms with Gasteiger partial charge < -0.3 is 10.2 Å². The normalized spacial score (nSPS) is 19.7. The van der Waals surface area contributed by atoms with Crippen LogP contribution in [-0.2, 0) is 6.42 Å². The van der Waals surface area contributed by atoms with E-state index in [1.165, 1.54) is 35.4 Å². The van der Waals surface area contributed by atoms with E-state index in [0.29, 0.717) is 17.1 Å². The summed E-state index contributed by atoms with van der Waals surface area (Å²) in [5.74, 6) is 0.690. The van der Waals surface area contributed by atoms with Gasteiger partial charge in [0.25, 0.3) is 5.69 Å². The number of non-ortho nitro benzene ring substituents is 1.